The molecule has 0 amide bonds. The van der Waals surface area contributed by atoms with E-state index in [1.54, 1.807) is 6.08 Å². The standard InChI is InChI=1S/C13H18O6/c1-5-10-6-11(17-7(2)14)13(19-9(4)16)12(10)18-8(3)15/h5,10-13H,1,6H2,2-4H3/t10-,11+,12+,13+/m0/s1. The van der Waals surface area contributed by atoms with Crippen LogP contribution in [-0.2, 0) is 28.6 Å². The first-order valence-corrected chi connectivity index (χ1v) is 5.99. The Hall–Kier alpha value is -1.85. The summed E-state index contributed by atoms with van der Waals surface area (Å²) in [6.07, 6.45) is -0.0997. The van der Waals surface area contributed by atoms with Gasteiger partial charge in [-0.3, -0.25) is 14.4 Å². The first-order chi connectivity index (χ1) is 8.85. The lowest BCUT2D eigenvalue weighted by Gasteiger charge is -2.24. The Morgan fingerprint density at radius 3 is 1.84 bits per heavy atom. The Kier molecular flexibility index (Phi) is 5.09. The van der Waals surface area contributed by atoms with Crippen molar-refractivity contribution in [3.63, 3.8) is 0 Å². The second-order valence-corrected chi connectivity index (χ2v) is 4.43. The fourth-order valence-corrected chi connectivity index (χ4v) is 2.23. The highest BCUT2D eigenvalue weighted by Crippen LogP contribution is 2.34. The number of carbonyl (C=O) groups is 3. The molecule has 1 aliphatic rings. The molecule has 6 nitrogen and oxygen atoms in total. The molecule has 0 heterocycles. The van der Waals surface area contributed by atoms with E-state index in [1.807, 2.05) is 0 Å². The Morgan fingerprint density at radius 2 is 1.42 bits per heavy atom. The van der Waals surface area contributed by atoms with Crippen molar-refractivity contribution in [1.82, 2.24) is 0 Å². The molecule has 1 aliphatic carbocycles. The molecular weight excluding hydrogens is 252 g/mol. The fourth-order valence-electron chi connectivity index (χ4n) is 2.23. The lowest BCUT2D eigenvalue weighted by molar-refractivity contribution is -0.175. The average molecular weight is 270 g/mol. The predicted octanol–water partition coefficient (Wildman–Crippen LogP) is 0.987. The van der Waals surface area contributed by atoms with Crippen LogP contribution < -0.4 is 0 Å². The maximum Gasteiger partial charge on any atom is 0.303 e. The molecule has 1 saturated carbocycles. The summed E-state index contributed by atoms with van der Waals surface area (Å²) < 4.78 is 15.4. The molecule has 0 bridgehead atoms. The smallest absolute Gasteiger partial charge is 0.303 e. The van der Waals surface area contributed by atoms with Crippen molar-refractivity contribution in [1.29, 1.82) is 0 Å². The van der Waals surface area contributed by atoms with Crippen LogP contribution in [0.2, 0.25) is 0 Å². The maximum atomic E-state index is 11.1. The Labute approximate surface area is 111 Å². The molecule has 0 N–H and O–H groups in total. The van der Waals surface area contributed by atoms with Gasteiger partial charge in [-0.25, -0.2) is 0 Å². The van der Waals surface area contributed by atoms with Gasteiger partial charge in [0.1, 0.15) is 12.2 Å². The zero-order chi connectivity index (χ0) is 14.6. The van der Waals surface area contributed by atoms with Gasteiger partial charge in [0, 0.05) is 26.7 Å². The molecule has 0 radical (unpaired) electrons. The number of ether oxygens (including phenoxy) is 3. The summed E-state index contributed by atoms with van der Waals surface area (Å²) in [5, 5.41) is 0. The van der Waals surface area contributed by atoms with E-state index in [2.05, 4.69) is 6.58 Å². The van der Waals surface area contributed by atoms with E-state index in [0.29, 0.717) is 6.42 Å². The van der Waals surface area contributed by atoms with Crippen molar-refractivity contribution in [3.05, 3.63) is 12.7 Å². The van der Waals surface area contributed by atoms with Gasteiger partial charge in [-0.15, -0.1) is 6.58 Å². The normalized spacial score (nSPS) is 29.4. The van der Waals surface area contributed by atoms with E-state index in [0.717, 1.165) is 0 Å². The van der Waals surface area contributed by atoms with Gasteiger partial charge in [0.2, 0.25) is 0 Å². The van der Waals surface area contributed by atoms with Gasteiger partial charge in [0.15, 0.2) is 6.10 Å². The van der Waals surface area contributed by atoms with E-state index in [-0.39, 0.29) is 5.92 Å². The topological polar surface area (TPSA) is 78.9 Å². The zero-order valence-electron chi connectivity index (χ0n) is 11.3. The first kappa shape index (κ1) is 15.2. The van der Waals surface area contributed by atoms with Crippen LogP contribution in [0.15, 0.2) is 12.7 Å². The van der Waals surface area contributed by atoms with E-state index >= 15 is 0 Å². The van der Waals surface area contributed by atoms with Crippen LogP contribution in [0.3, 0.4) is 0 Å². The van der Waals surface area contributed by atoms with Crippen molar-refractivity contribution < 1.29 is 28.6 Å². The molecule has 1 fully saturated rings. The van der Waals surface area contributed by atoms with Gasteiger partial charge in [-0.2, -0.15) is 0 Å². The van der Waals surface area contributed by atoms with Crippen molar-refractivity contribution in [2.45, 2.75) is 45.5 Å². The van der Waals surface area contributed by atoms with Crippen molar-refractivity contribution in [2.75, 3.05) is 0 Å². The molecule has 0 aromatic heterocycles. The molecule has 4 atom stereocenters. The van der Waals surface area contributed by atoms with Crippen molar-refractivity contribution in [2.24, 2.45) is 5.92 Å². The summed E-state index contributed by atoms with van der Waals surface area (Å²) in [5.74, 6) is -1.72. The summed E-state index contributed by atoms with van der Waals surface area (Å²) in [5.41, 5.74) is 0. The van der Waals surface area contributed by atoms with Gasteiger partial charge in [0.05, 0.1) is 0 Å². The van der Waals surface area contributed by atoms with Gasteiger partial charge in [-0.1, -0.05) is 6.08 Å². The predicted molar refractivity (Wildman–Crippen MR) is 65.0 cm³/mol. The van der Waals surface area contributed by atoms with Crippen molar-refractivity contribution >= 4 is 17.9 Å². The number of hydrogen-bond acceptors (Lipinski definition) is 6. The SMILES string of the molecule is C=C[C@H]1C[C@@H](OC(C)=O)[C@@H](OC(C)=O)[C@@H]1OC(C)=O. The lowest BCUT2D eigenvalue weighted by atomic mass is 10.1. The van der Waals surface area contributed by atoms with Gasteiger partial charge in [0.25, 0.3) is 0 Å². The summed E-state index contributed by atoms with van der Waals surface area (Å²) in [6, 6.07) is 0. The number of carbonyl (C=O) groups excluding carboxylic acids is 3. The minimum absolute atomic E-state index is 0.224. The summed E-state index contributed by atoms with van der Waals surface area (Å²) >= 11 is 0. The third-order valence-electron chi connectivity index (χ3n) is 2.84. The van der Waals surface area contributed by atoms with Crippen LogP contribution in [0, 0.1) is 5.92 Å². The lowest BCUT2D eigenvalue weighted by Crippen LogP contribution is -2.39. The van der Waals surface area contributed by atoms with E-state index in [4.69, 9.17) is 14.2 Å². The molecule has 0 spiro atoms. The molecule has 0 aromatic carbocycles. The second-order valence-electron chi connectivity index (χ2n) is 4.43. The van der Waals surface area contributed by atoms with Gasteiger partial charge < -0.3 is 14.2 Å². The highest BCUT2D eigenvalue weighted by Gasteiger charge is 2.48. The zero-order valence-corrected chi connectivity index (χ0v) is 11.3. The van der Waals surface area contributed by atoms with Crippen molar-refractivity contribution in [3.8, 4) is 0 Å². The molecule has 19 heavy (non-hydrogen) atoms. The molecule has 106 valence electrons. The maximum absolute atomic E-state index is 11.1. The average Bonchev–Trinajstić information content (AvgIpc) is 2.55. The molecule has 6 heteroatoms. The highest BCUT2D eigenvalue weighted by molar-refractivity contribution is 5.68. The quantitative estimate of drug-likeness (QED) is 0.430. The van der Waals surface area contributed by atoms with Gasteiger partial charge in [-0.05, 0) is 6.42 Å². The summed E-state index contributed by atoms with van der Waals surface area (Å²) in [7, 11) is 0. The van der Waals surface area contributed by atoms with Crippen LogP contribution in [-0.4, -0.2) is 36.2 Å². The highest BCUT2D eigenvalue weighted by atomic mass is 16.6. The first-order valence-electron chi connectivity index (χ1n) is 5.99. The van der Waals surface area contributed by atoms with Crippen LogP contribution in [0.25, 0.3) is 0 Å². The summed E-state index contributed by atoms with van der Waals surface area (Å²) in [6.45, 7) is 7.44. The third kappa shape index (κ3) is 4.08. The largest absolute Gasteiger partial charge is 0.458 e. The molecule has 0 unspecified atom stereocenters. The van der Waals surface area contributed by atoms with Gasteiger partial charge >= 0.3 is 17.9 Å². The minimum atomic E-state index is -0.798. The van der Waals surface area contributed by atoms with Crippen LogP contribution in [0.4, 0.5) is 0 Å². The fraction of sp³-hybridized carbons (Fsp3) is 0.615. The van der Waals surface area contributed by atoms with Crippen LogP contribution >= 0.6 is 0 Å². The molecule has 0 aliphatic heterocycles. The molecule has 1 rings (SSSR count). The molecule has 0 saturated heterocycles. The Morgan fingerprint density at radius 1 is 0.947 bits per heavy atom. The van der Waals surface area contributed by atoms with Crippen LogP contribution in [0.5, 0.6) is 0 Å². The Bertz CT molecular complexity index is 389. The molecule has 0 aromatic rings. The summed E-state index contributed by atoms with van der Waals surface area (Å²) in [4.78, 5) is 33.3. The van der Waals surface area contributed by atoms with Crippen LogP contribution in [0.1, 0.15) is 27.2 Å². The Balaban J connectivity index is 2.93. The van der Waals surface area contributed by atoms with E-state index < -0.39 is 36.2 Å². The monoisotopic (exact) mass is 270 g/mol. The third-order valence-corrected chi connectivity index (χ3v) is 2.84. The second kappa shape index (κ2) is 6.36. The van der Waals surface area contributed by atoms with E-state index in [1.165, 1.54) is 20.8 Å². The molecular formula is C13H18O6. The van der Waals surface area contributed by atoms with E-state index in [9.17, 15) is 14.4 Å². The number of rotatable bonds is 4. The number of hydrogen-bond donors (Lipinski definition) is 0. The minimum Gasteiger partial charge on any atom is -0.458 e. The number of esters is 3.